The topological polar surface area (TPSA) is 63.4 Å². The number of hydrogen-bond donors (Lipinski definition) is 2. The summed E-state index contributed by atoms with van der Waals surface area (Å²) in [5.74, 6) is 6.64. The van der Waals surface area contributed by atoms with Crippen molar-refractivity contribution >= 4 is 41.0 Å². The summed E-state index contributed by atoms with van der Waals surface area (Å²) in [6.45, 7) is 3.82. The van der Waals surface area contributed by atoms with Crippen LogP contribution in [0.25, 0.3) is 6.08 Å². The van der Waals surface area contributed by atoms with Gasteiger partial charge in [0.2, 0.25) is 0 Å². The SMILES string of the molecule is C=Cc1ccc(OC)c(NSc2ccc(Cl)nc2)c1N(C)N. The zero-order valence-electron chi connectivity index (χ0n) is 12.3. The zero-order chi connectivity index (χ0) is 16.1. The number of nitrogens with zero attached hydrogens (tertiary/aromatic N) is 2. The van der Waals surface area contributed by atoms with E-state index in [-0.39, 0.29) is 0 Å². The van der Waals surface area contributed by atoms with E-state index >= 15 is 0 Å². The van der Waals surface area contributed by atoms with Crippen LogP contribution in [0.4, 0.5) is 11.4 Å². The van der Waals surface area contributed by atoms with Crippen molar-refractivity contribution in [3.05, 3.63) is 47.8 Å². The molecule has 0 saturated carbocycles. The van der Waals surface area contributed by atoms with Crippen molar-refractivity contribution in [1.29, 1.82) is 0 Å². The van der Waals surface area contributed by atoms with Crippen LogP contribution in [-0.2, 0) is 0 Å². The van der Waals surface area contributed by atoms with E-state index < -0.39 is 0 Å². The average molecular weight is 337 g/mol. The highest BCUT2D eigenvalue weighted by molar-refractivity contribution is 8.00. The fourth-order valence-electron chi connectivity index (χ4n) is 1.93. The van der Waals surface area contributed by atoms with Gasteiger partial charge in [-0.25, -0.2) is 10.8 Å². The molecule has 0 aliphatic rings. The van der Waals surface area contributed by atoms with Crippen LogP contribution in [-0.4, -0.2) is 19.1 Å². The predicted octanol–water partition coefficient (Wildman–Crippen LogP) is 3.82. The van der Waals surface area contributed by atoms with Crippen molar-refractivity contribution in [2.75, 3.05) is 23.9 Å². The third kappa shape index (κ3) is 3.65. The molecule has 0 unspecified atom stereocenters. The van der Waals surface area contributed by atoms with Crippen molar-refractivity contribution in [3.8, 4) is 5.75 Å². The molecule has 0 spiro atoms. The molecule has 0 atom stereocenters. The Hall–Kier alpha value is -1.89. The molecule has 5 nitrogen and oxygen atoms in total. The van der Waals surface area contributed by atoms with Crippen LogP contribution in [0.3, 0.4) is 0 Å². The summed E-state index contributed by atoms with van der Waals surface area (Å²) in [6.07, 6.45) is 3.44. The first-order valence-electron chi connectivity index (χ1n) is 6.43. The number of pyridine rings is 1. The molecular formula is C15H17ClN4OS. The van der Waals surface area contributed by atoms with Crippen LogP contribution < -0.4 is 20.3 Å². The smallest absolute Gasteiger partial charge is 0.145 e. The van der Waals surface area contributed by atoms with Crippen molar-refractivity contribution in [2.45, 2.75) is 4.90 Å². The average Bonchev–Trinajstić information content (AvgIpc) is 2.53. The van der Waals surface area contributed by atoms with Gasteiger partial charge in [-0.15, -0.1) is 0 Å². The molecule has 1 aromatic carbocycles. The molecule has 0 aliphatic heterocycles. The third-order valence-electron chi connectivity index (χ3n) is 2.93. The van der Waals surface area contributed by atoms with Gasteiger partial charge in [0.1, 0.15) is 16.6 Å². The van der Waals surface area contributed by atoms with Crippen molar-refractivity contribution in [2.24, 2.45) is 5.84 Å². The number of hydrogen-bond acceptors (Lipinski definition) is 6. The van der Waals surface area contributed by atoms with Crippen LogP contribution in [0.2, 0.25) is 5.15 Å². The Morgan fingerprint density at radius 3 is 2.73 bits per heavy atom. The summed E-state index contributed by atoms with van der Waals surface area (Å²) in [7, 11) is 3.38. The van der Waals surface area contributed by atoms with Crippen molar-refractivity contribution in [3.63, 3.8) is 0 Å². The molecule has 116 valence electrons. The number of benzene rings is 1. The maximum absolute atomic E-state index is 5.95. The van der Waals surface area contributed by atoms with Gasteiger partial charge in [-0.2, -0.15) is 0 Å². The molecule has 0 fully saturated rings. The fraction of sp³-hybridized carbons (Fsp3) is 0.133. The Morgan fingerprint density at radius 2 is 2.18 bits per heavy atom. The molecule has 3 N–H and O–H groups in total. The first-order chi connectivity index (χ1) is 10.6. The van der Waals surface area contributed by atoms with Crippen molar-refractivity contribution < 1.29 is 4.74 Å². The number of halogens is 1. The monoisotopic (exact) mass is 336 g/mol. The molecule has 2 rings (SSSR count). The van der Waals surface area contributed by atoms with Gasteiger partial charge in [-0.05, 0) is 36.2 Å². The minimum Gasteiger partial charge on any atom is -0.494 e. The summed E-state index contributed by atoms with van der Waals surface area (Å²) in [5, 5.41) is 1.99. The quantitative estimate of drug-likeness (QED) is 0.362. The zero-order valence-corrected chi connectivity index (χ0v) is 13.9. The van der Waals surface area contributed by atoms with Gasteiger partial charge in [0.05, 0.1) is 12.8 Å². The lowest BCUT2D eigenvalue weighted by atomic mass is 10.1. The van der Waals surface area contributed by atoms with E-state index in [1.54, 1.807) is 32.5 Å². The Balaban J connectivity index is 2.35. The van der Waals surface area contributed by atoms with Crippen LogP contribution in [0.5, 0.6) is 5.75 Å². The van der Waals surface area contributed by atoms with Crippen molar-refractivity contribution in [1.82, 2.24) is 4.98 Å². The van der Waals surface area contributed by atoms with Gasteiger partial charge >= 0.3 is 0 Å². The van der Waals surface area contributed by atoms with Crippen LogP contribution in [0.15, 0.2) is 41.9 Å². The molecule has 0 saturated heterocycles. The minimum atomic E-state index is 0.456. The molecule has 0 aliphatic carbocycles. The summed E-state index contributed by atoms with van der Waals surface area (Å²) in [6, 6.07) is 7.39. The molecule has 0 radical (unpaired) electrons. The van der Waals surface area contributed by atoms with E-state index in [4.69, 9.17) is 22.2 Å². The number of hydrazine groups is 1. The second-order valence-corrected chi connectivity index (χ2v) is 5.68. The molecule has 0 bridgehead atoms. The Kier molecular flexibility index (Phi) is 5.54. The Bertz CT molecular complexity index is 661. The molecule has 1 heterocycles. The molecule has 2 aromatic rings. The highest BCUT2D eigenvalue weighted by atomic mass is 35.5. The van der Waals surface area contributed by atoms with Gasteiger partial charge in [-0.3, -0.25) is 0 Å². The van der Waals surface area contributed by atoms with Gasteiger partial charge in [0, 0.05) is 23.7 Å². The number of anilines is 2. The summed E-state index contributed by atoms with van der Waals surface area (Å²) in [5.41, 5.74) is 2.47. The molecule has 0 amide bonds. The van der Waals surface area contributed by atoms with E-state index in [0.717, 1.165) is 21.8 Å². The molecule has 7 heteroatoms. The maximum atomic E-state index is 5.95. The van der Waals surface area contributed by atoms with Gasteiger partial charge in [0.15, 0.2) is 0 Å². The predicted molar refractivity (Wildman–Crippen MR) is 94.4 cm³/mol. The van der Waals surface area contributed by atoms with E-state index in [1.165, 1.54) is 17.0 Å². The van der Waals surface area contributed by atoms with E-state index in [9.17, 15) is 0 Å². The highest BCUT2D eigenvalue weighted by Gasteiger charge is 2.15. The second kappa shape index (κ2) is 7.40. The summed E-state index contributed by atoms with van der Waals surface area (Å²) >= 11 is 7.18. The van der Waals surface area contributed by atoms with Gasteiger partial charge in [0.25, 0.3) is 0 Å². The van der Waals surface area contributed by atoms with Crippen LogP contribution in [0, 0.1) is 0 Å². The van der Waals surface area contributed by atoms with E-state index in [0.29, 0.717) is 10.9 Å². The summed E-state index contributed by atoms with van der Waals surface area (Å²) < 4.78 is 8.68. The molecule has 1 aromatic heterocycles. The lowest BCUT2D eigenvalue weighted by Gasteiger charge is -2.22. The first kappa shape index (κ1) is 16.5. The number of methoxy groups -OCH3 is 1. The largest absolute Gasteiger partial charge is 0.494 e. The number of nitrogens with two attached hydrogens (primary N) is 1. The summed E-state index contributed by atoms with van der Waals surface area (Å²) in [4.78, 5) is 4.96. The fourth-order valence-corrected chi connectivity index (χ4v) is 2.71. The number of rotatable bonds is 6. The maximum Gasteiger partial charge on any atom is 0.145 e. The first-order valence-corrected chi connectivity index (χ1v) is 7.62. The molecule has 22 heavy (non-hydrogen) atoms. The number of nitrogens with one attached hydrogen (secondary N) is 1. The van der Waals surface area contributed by atoms with Gasteiger partial charge in [-0.1, -0.05) is 24.3 Å². The Labute approximate surface area is 139 Å². The van der Waals surface area contributed by atoms with Gasteiger partial charge < -0.3 is 14.5 Å². The van der Waals surface area contributed by atoms with E-state index in [2.05, 4.69) is 16.3 Å². The lowest BCUT2D eigenvalue weighted by molar-refractivity contribution is 0.417. The standard InChI is InChI=1S/C15H17ClN4OS/c1-4-10-5-7-12(21-3)14(15(10)20(2)17)19-22-11-6-8-13(16)18-9-11/h4-9,19H,1,17H2,2-3H3. The van der Waals surface area contributed by atoms with E-state index in [1.807, 2.05) is 18.2 Å². The minimum absolute atomic E-state index is 0.456. The number of aromatic nitrogens is 1. The molecular weight excluding hydrogens is 320 g/mol. The highest BCUT2D eigenvalue weighted by Crippen LogP contribution is 2.40. The van der Waals surface area contributed by atoms with Crippen LogP contribution >= 0.6 is 23.5 Å². The Morgan fingerprint density at radius 1 is 1.41 bits per heavy atom. The normalized spacial score (nSPS) is 10.2. The van der Waals surface area contributed by atoms with Crippen LogP contribution in [0.1, 0.15) is 5.56 Å². The lowest BCUT2D eigenvalue weighted by Crippen LogP contribution is -2.26. The second-order valence-electron chi connectivity index (χ2n) is 4.42. The third-order valence-corrected chi connectivity index (χ3v) is 3.94. The number of ether oxygens (including phenoxy) is 1.